The molecule has 0 aromatic heterocycles. The van der Waals surface area contributed by atoms with E-state index in [1.807, 2.05) is 11.8 Å². The van der Waals surface area contributed by atoms with Gasteiger partial charge in [-0.15, -0.1) is 11.8 Å². The van der Waals surface area contributed by atoms with Gasteiger partial charge in [0.2, 0.25) is 0 Å². The third-order valence-electron chi connectivity index (χ3n) is 4.52. The summed E-state index contributed by atoms with van der Waals surface area (Å²) in [5.74, 6) is 2.75. The van der Waals surface area contributed by atoms with Crippen molar-refractivity contribution < 1.29 is 4.74 Å². The average Bonchev–Trinajstić information content (AvgIpc) is 3.15. The minimum Gasteiger partial charge on any atom is -0.493 e. The molecule has 0 saturated carbocycles. The second-order valence-electron chi connectivity index (χ2n) is 5.69. The zero-order chi connectivity index (χ0) is 14.2. The van der Waals surface area contributed by atoms with Crippen molar-refractivity contribution in [1.29, 1.82) is 0 Å². The lowest BCUT2D eigenvalue weighted by atomic mass is 9.88. The summed E-state index contributed by atoms with van der Waals surface area (Å²) >= 11 is 1.98. The third kappa shape index (κ3) is 2.25. The van der Waals surface area contributed by atoms with Crippen LogP contribution in [-0.2, 0) is 6.42 Å². The van der Waals surface area contributed by atoms with Crippen LogP contribution in [0.25, 0.3) is 0 Å². The molecule has 2 aliphatic heterocycles. The van der Waals surface area contributed by atoms with E-state index in [2.05, 4.69) is 54.8 Å². The molecule has 2 aromatic rings. The van der Waals surface area contributed by atoms with Gasteiger partial charge in [-0.05, 0) is 35.9 Å². The summed E-state index contributed by atoms with van der Waals surface area (Å²) in [4.78, 5) is 1.44. The maximum atomic E-state index is 5.62. The first-order valence-corrected chi connectivity index (χ1v) is 8.50. The van der Waals surface area contributed by atoms with Crippen LogP contribution in [0.3, 0.4) is 0 Å². The average molecular weight is 297 g/mol. The van der Waals surface area contributed by atoms with E-state index in [9.17, 15) is 0 Å². The minimum absolute atomic E-state index is 0.368. The Kier molecular flexibility index (Phi) is 3.40. The quantitative estimate of drug-likeness (QED) is 0.932. The van der Waals surface area contributed by atoms with Gasteiger partial charge >= 0.3 is 0 Å². The first-order chi connectivity index (χ1) is 10.4. The van der Waals surface area contributed by atoms with Crippen LogP contribution in [0.5, 0.6) is 5.75 Å². The number of ether oxygens (including phenoxy) is 1. The maximum absolute atomic E-state index is 5.62. The molecule has 2 aliphatic rings. The molecule has 2 aromatic carbocycles. The number of thioether (sulfide) groups is 1. The first-order valence-electron chi connectivity index (χ1n) is 7.51. The van der Waals surface area contributed by atoms with Crippen LogP contribution < -0.4 is 10.1 Å². The highest BCUT2D eigenvalue weighted by Gasteiger charge is 2.30. The molecule has 0 radical (unpaired) electrons. The number of hydrogen-bond acceptors (Lipinski definition) is 3. The Morgan fingerprint density at radius 3 is 3.05 bits per heavy atom. The second kappa shape index (κ2) is 5.39. The Balaban J connectivity index is 1.70. The Morgan fingerprint density at radius 1 is 1.24 bits per heavy atom. The zero-order valence-corrected chi connectivity index (χ0v) is 13.0. The van der Waals surface area contributed by atoms with Gasteiger partial charge < -0.3 is 10.1 Å². The normalized spacial score (nSPS) is 20.7. The van der Waals surface area contributed by atoms with Gasteiger partial charge in [0, 0.05) is 29.0 Å². The van der Waals surface area contributed by atoms with E-state index in [1.165, 1.54) is 21.6 Å². The predicted octanol–water partition coefficient (Wildman–Crippen LogP) is 3.77. The lowest BCUT2D eigenvalue weighted by molar-refractivity contribution is 0.356. The van der Waals surface area contributed by atoms with Crippen molar-refractivity contribution >= 4 is 11.8 Å². The molecule has 0 fully saturated rings. The molecular weight excluding hydrogens is 278 g/mol. The fraction of sp³-hybridized carbons (Fsp3) is 0.333. The van der Waals surface area contributed by atoms with Crippen molar-refractivity contribution in [1.82, 2.24) is 5.32 Å². The van der Waals surface area contributed by atoms with E-state index in [4.69, 9.17) is 4.74 Å². The molecule has 2 heterocycles. The number of benzene rings is 2. The molecule has 4 rings (SSSR count). The summed E-state index contributed by atoms with van der Waals surface area (Å²) in [6.07, 6.45) is 1.04. The molecule has 21 heavy (non-hydrogen) atoms. The Labute approximate surface area is 129 Å². The van der Waals surface area contributed by atoms with Gasteiger partial charge in [-0.3, -0.25) is 0 Å². The Morgan fingerprint density at radius 2 is 2.14 bits per heavy atom. The van der Waals surface area contributed by atoms with Crippen molar-refractivity contribution in [3.8, 4) is 5.75 Å². The van der Waals surface area contributed by atoms with Gasteiger partial charge in [0.25, 0.3) is 0 Å². The van der Waals surface area contributed by atoms with Gasteiger partial charge in [0.1, 0.15) is 5.75 Å². The van der Waals surface area contributed by atoms with Crippen LogP contribution in [0.1, 0.15) is 28.7 Å². The molecule has 2 atom stereocenters. The standard InChI is InChI=1S/C18H19NOS/c1-19-18(13-6-7-16-12(10-13)8-9-20-16)15-11-21-17-5-3-2-4-14(15)17/h2-7,10,15,18-19H,8-9,11H2,1H3. The zero-order valence-electron chi connectivity index (χ0n) is 12.1. The van der Waals surface area contributed by atoms with Crippen LogP contribution in [0.2, 0.25) is 0 Å². The van der Waals surface area contributed by atoms with E-state index < -0.39 is 0 Å². The fourth-order valence-corrected chi connectivity index (χ4v) is 4.76. The summed E-state index contributed by atoms with van der Waals surface area (Å²) in [5.41, 5.74) is 4.22. The number of nitrogens with one attached hydrogen (secondary N) is 1. The van der Waals surface area contributed by atoms with Gasteiger partial charge in [0.15, 0.2) is 0 Å². The summed E-state index contributed by atoms with van der Waals surface area (Å²) in [6, 6.07) is 15.9. The third-order valence-corrected chi connectivity index (χ3v) is 5.73. The van der Waals surface area contributed by atoms with E-state index in [0.717, 1.165) is 24.5 Å². The molecule has 108 valence electrons. The van der Waals surface area contributed by atoms with E-state index in [0.29, 0.717) is 12.0 Å². The van der Waals surface area contributed by atoms with E-state index >= 15 is 0 Å². The van der Waals surface area contributed by atoms with Crippen LogP contribution in [0, 0.1) is 0 Å². The second-order valence-corrected chi connectivity index (χ2v) is 6.75. The van der Waals surface area contributed by atoms with Crippen LogP contribution >= 0.6 is 11.8 Å². The highest BCUT2D eigenvalue weighted by molar-refractivity contribution is 7.99. The maximum Gasteiger partial charge on any atom is 0.122 e. The molecular formula is C18H19NOS. The van der Waals surface area contributed by atoms with Crippen molar-refractivity contribution in [2.75, 3.05) is 19.4 Å². The SMILES string of the molecule is CNC(c1ccc2c(c1)CCO2)C1CSc2ccccc21. The minimum atomic E-state index is 0.368. The lowest BCUT2D eigenvalue weighted by Gasteiger charge is -2.24. The van der Waals surface area contributed by atoms with Crippen molar-refractivity contribution in [2.45, 2.75) is 23.3 Å². The van der Waals surface area contributed by atoms with E-state index in [1.54, 1.807) is 0 Å². The number of likely N-dealkylation sites (N-methyl/N-ethyl adjacent to an activating group) is 1. The monoisotopic (exact) mass is 297 g/mol. The van der Waals surface area contributed by atoms with Gasteiger partial charge in [0.05, 0.1) is 6.61 Å². The lowest BCUT2D eigenvalue weighted by Crippen LogP contribution is -2.24. The molecule has 2 unspecified atom stereocenters. The van der Waals surface area contributed by atoms with Crippen molar-refractivity contribution in [3.05, 3.63) is 59.2 Å². The molecule has 1 N–H and O–H groups in total. The molecule has 0 bridgehead atoms. The van der Waals surface area contributed by atoms with Gasteiger partial charge in [-0.25, -0.2) is 0 Å². The molecule has 3 heteroatoms. The number of rotatable bonds is 3. The summed E-state index contributed by atoms with van der Waals surface area (Å²) in [7, 11) is 2.07. The van der Waals surface area contributed by atoms with Gasteiger partial charge in [-0.2, -0.15) is 0 Å². The Bertz CT molecular complexity index is 670. The summed E-state index contributed by atoms with van der Waals surface area (Å²) < 4.78 is 5.62. The smallest absolute Gasteiger partial charge is 0.122 e. The van der Waals surface area contributed by atoms with Crippen molar-refractivity contribution in [3.63, 3.8) is 0 Å². The highest BCUT2D eigenvalue weighted by Crippen LogP contribution is 2.45. The van der Waals surface area contributed by atoms with Crippen LogP contribution in [0.4, 0.5) is 0 Å². The van der Waals surface area contributed by atoms with Crippen molar-refractivity contribution in [2.24, 2.45) is 0 Å². The molecule has 0 amide bonds. The molecule has 0 saturated heterocycles. The number of fused-ring (bicyclic) bond motifs is 2. The number of hydrogen-bond donors (Lipinski definition) is 1. The van der Waals surface area contributed by atoms with Crippen LogP contribution in [0.15, 0.2) is 47.4 Å². The largest absolute Gasteiger partial charge is 0.493 e. The van der Waals surface area contributed by atoms with Crippen LogP contribution in [-0.4, -0.2) is 19.4 Å². The molecule has 0 spiro atoms. The fourth-order valence-electron chi connectivity index (χ4n) is 3.46. The highest BCUT2D eigenvalue weighted by atomic mass is 32.2. The molecule has 2 nitrogen and oxygen atoms in total. The predicted molar refractivity (Wildman–Crippen MR) is 87.3 cm³/mol. The van der Waals surface area contributed by atoms with Gasteiger partial charge in [-0.1, -0.05) is 30.3 Å². The summed E-state index contributed by atoms with van der Waals surface area (Å²) in [5, 5.41) is 3.54. The van der Waals surface area contributed by atoms with E-state index in [-0.39, 0.29) is 0 Å². The molecule has 0 aliphatic carbocycles. The Hall–Kier alpha value is -1.45. The first kappa shape index (κ1) is 13.2. The summed E-state index contributed by atoms with van der Waals surface area (Å²) in [6.45, 7) is 0.825. The topological polar surface area (TPSA) is 21.3 Å².